The van der Waals surface area contributed by atoms with Crippen molar-refractivity contribution < 1.29 is 74.8 Å². The molecule has 2 fully saturated rings. The molecule has 2 rings (SSSR count). The minimum Gasteiger partial charge on any atom is -0.394 e. The van der Waals surface area contributed by atoms with Crippen LogP contribution in [0.3, 0.4) is 0 Å². The van der Waals surface area contributed by atoms with E-state index >= 15 is 0 Å². The molecule has 0 aromatic heterocycles. The summed E-state index contributed by atoms with van der Waals surface area (Å²) < 4.78 is 21.2. The van der Waals surface area contributed by atoms with Crippen LogP contribution in [-0.2, 0) is 23.7 Å². The second-order valence-corrected chi connectivity index (χ2v) is 7.96. The highest BCUT2D eigenvalue weighted by atomic mass is 16.7. The first-order valence-corrected chi connectivity index (χ1v) is 10.2. The lowest BCUT2D eigenvalue weighted by Crippen LogP contribution is -2.63. The van der Waals surface area contributed by atoms with Crippen LogP contribution in [0.2, 0.25) is 0 Å². The van der Waals surface area contributed by atoms with Crippen molar-refractivity contribution in [2.45, 2.75) is 92.8 Å². The van der Waals surface area contributed by atoms with Crippen molar-refractivity contribution in [1.82, 2.24) is 0 Å². The molecule has 0 aromatic carbocycles. The molecule has 0 amide bonds. The van der Waals surface area contributed by atoms with Crippen molar-refractivity contribution in [3.63, 3.8) is 0 Å². The summed E-state index contributed by atoms with van der Waals surface area (Å²) in [6.45, 7) is -0.472. The van der Waals surface area contributed by atoms with Crippen molar-refractivity contribution in [3.05, 3.63) is 0 Å². The van der Waals surface area contributed by atoms with Gasteiger partial charge in [0.15, 0.2) is 18.9 Å². The van der Waals surface area contributed by atoms with Crippen LogP contribution in [0.1, 0.15) is 6.92 Å². The number of aliphatic hydroxyl groups excluding tert-OH is 10. The van der Waals surface area contributed by atoms with Crippen LogP contribution in [0, 0.1) is 0 Å². The van der Waals surface area contributed by atoms with E-state index in [-0.39, 0.29) is 6.29 Å². The molecule has 0 saturated carbocycles. The fraction of sp³-hybridized carbons (Fsp3) is 0.944. The van der Waals surface area contributed by atoms with E-state index in [1.165, 1.54) is 6.92 Å². The number of hydrogen-bond acceptors (Lipinski definition) is 15. The number of rotatable bonds is 10. The van der Waals surface area contributed by atoms with Gasteiger partial charge >= 0.3 is 0 Å². The van der Waals surface area contributed by atoms with Gasteiger partial charge in [0.1, 0.15) is 67.1 Å². The Labute approximate surface area is 187 Å². The van der Waals surface area contributed by atoms with E-state index in [0.717, 1.165) is 0 Å². The Morgan fingerprint density at radius 1 is 0.788 bits per heavy atom. The van der Waals surface area contributed by atoms with Gasteiger partial charge in [-0.05, 0) is 6.92 Å². The van der Waals surface area contributed by atoms with E-state index in [4.69, 9.17) is 18.9 Å². The molecule has 0 aromatic rings. The molecular weight excluding hydrogens is 456 g/mol. The maximum Gasteiger partial charge on any atom is 0.187 e. The van der Waals surface area contributed by atoms with E-state index < -0.39 is 99.0 Å². The lowest BCUT2D eigenvalue weighted by molar-refractivity contribution is -0.349. The van der Waals surface area contributed by atoms with Gasteiger partial charge in [0.2, 0.25) is 0 Å². The molecule has 0 spiro atoms. The maximum absolute atomic E-state index is 11.3. The van der Waals surface area contributed by atoms with Crippen LogP contribution < -0.4 is 0 Å². The molecule has 0 radical (unpaired) electrons. The molecule has 33 heavy (non-hydrogen) atoms. The highest BCUT2D eigenvalue weighted by Gasteiger charge is 2.49. The molecule has 0 aliphatic carbocycles. The van der Waals surface area contributed by atoms with Crippen LogP contribution in [0.15, 0.2) is 0 Å². The Morgan fingerprint density at radius 2 is 1.30 bits per heavy atom. The molecule has 14 atom stereocenters. The molecule has 2 aliphatic heterocycles. The highest BCUT2D eigenvalue weighted by molar-refractivity contribution is 5.56. The Bertz CT molecular complexity index is 607. The van der Waals surface area contributed by atoms with E-state index in [9.17, 15) is 55.9 Å². The highest BCUT2D eigenvalue weighted by Crippen LogP contribution is 2.28. The van der Waals surface area contributed by atoms with Gasteiger partial charge in [0, 0.05) is 0 Å². The summed E-state index contributed by atoms with van der Waals surface area (Å²) in [5.74, 6) is 0. The van der Waals surface area contributed by atoms with Crippen LogP contribution in [-0.4, -0.2) is 156 Å². The smallest absolute Gasteiger partial charge is 0.187 e. The summed E-state index contributed by atoms with van der Waals surface area (Å²) in [5, 5.41) is 99.1. The second-order valence-electron chi connectivity index (χ2n) is 7.96. The Balaban J connectivity index is 2.30. The standard InChI is InChI=1S/C18H32O15/c1-5-9(24)11(26)13(28)17(30-5)32-15(6(22)2-19)16(7(23)3-20)33-18-14(29)12(27)10(25)8(4-21)31-18/h2,5-18,20-29H,3-4H2,1H3/t5-,6-,7+,8+,9+,10-,11+,12-,13-,14+,15+,16+,17-,18-/m0/s1. The van der Waals surface area contributed by atoms with E-state index in [1.54, 1.807) is 0 Å². The molecule has 194 valence electrons. The van der Waals surface area contributed by atoms with Crippen LogP contribution in [0.25, 0.3) is 0 Å². The SMILES string of the molecule is C[C@@H]1O[C@@H](O[C@@H]([C@H](O[C@@H]2O[C@H](CO)[C@H](O)[C@H](O)[C@H]2O)[C@H](O)CO)[C@@H](O)C=O)[C@@H](O)[C@H](O)[C@@H]1O. The normalized spacial score (nSPS) is 43.5. The lowest BCUT2D eigenvalue weighted by atomic mass is 9.98. The summed E-state index contributed by atoms with van der Waals surface area (Å²) in [6.07, 6.45) is -24.4. The Kier molecular flexibility index (Phi) is 10.5. The third kappa shape index (κ3) is 6.22. The number of aliphatic hydroxyl groups is 10. The maximum atomic E-state index is 11.3. The van der Waals surface area contributed by atoms with Gasteiger partial charge in [-0.15, -0.1) is 0 Å². The molecular formula is C18H32O15. The first kappa shape index (κ1) is 28.3. The van der Waals surface area contributed by atoms with Crippen molar-refractivity contribution in [3.8, 4) is 0 Å². The quantitative estimate of drug-likeness (QED) is 0.128. The molecule has 15 heteroatoms. The summed E-state index contributed by atoms with van der Waals surface area (Å²) in [7, 11) is 0. The lowest BCUT2D eigenvalue weighted by Gasteiger charge is -2.44. The van der Waals surface area contributed by atoms with Gasteiger partial charge in [-0.25, -0.2) is 0 Å². The molecule has 15 nitrogen and oxygen atoms in total. The van der Waals surface area contributed by atoms with Gasteiger partial charge in [0.25, 0.3) is 0 Å². The fourth-order valence-corrected chi connectivity index (χ4v) is 3.54. The van der Waals surface area contributed by atoms with Crippen molar-refractivity contribution in [2.24, 2.45) is 0 Å². The zero-order valence-corrected chi connectivity index (χ0v) is 17.6. The van der Waals surface area contributed by atoms with Gasteiger partial charge < -0.3 is 74.8 Å². The van der Waals surface area contributed by atoms with Gasteiger partial charge in [0.05, 0.1) is 19.3 Å². The fourth-order valence-electron chi connectivity index (χ4n) is 3.54. The summed E-state index contributed by atoms with van der Waals surface area (Å²) >= 11 is 0. The average molecular weight is 488 g/mol. The minimum absolute atomic E-state index is 0.0255. The van der Waals surface area contributed by atoms with Crippen molar-refractivity contribution >= 4 is 6.29 Å². The molecule has 0 unspecified atom stereocenters. The van der Waals surface area contributed by atoms with Crippen LogP contribution in [0.5, 0.6) is 0 Å². The van der Waals surface area contributed by atoms with Gasteiger partial charge in [-0.3, -0.25) is 0 Å². The molecule has 2 saturated heterocycles. The zero-order valence-electron chi connectivity index (χ0n) is 17.6. The first-order chi connectivity index (χ1) is 15.5. The topological polar surface area (TPSA) is 256 Å². The minimum atomic E-state index is -2.07. The predicted octanol–water partition coefficient (Wildman–Crippen LogP) is -6.70. The molecule has 0 bridgehead atoms. The van der Waals surface area contributed by atoms with Crippen LogP contribution in [0.4, 0.5) is 0 Å². The summed E-state index contributed by atoms with van der Waals surface area (Å²) in [6, 6.07) is 0. The molecule has 10 N–H and O–H groups in total. The number of aldehydes is 1. The monoisotopic (exact) mass is 488 g/mol. The number of ether oxygens (including phenoxy) is 4. The summed E-state index contributed by atoms with van der Waals surface area (Å²) in [4.78, 5) is 11.3. The zero-order chi connectivity index (χ0) is 25.0. The van der Waals surface area contributed by atoms with E-state index in [2.05, 4.69) is 0 Å². The largest absolute Gasteiger partial charge is 0.394 e. The first-order valence-electron chi connectivity index (χ1n) is 10.2. The number of hydrogen-bond donors (Lipinski definition) is 10. The van der Waals surface area contributed by atoms with Crippen molar-refractivity contribution in [2.75, 3.05) is 13.2 Å². The summed E-state index contributed by atoms with van der Waals surface area (Å²) in [5.41, 5.74) is 0. The van der Waals surface area contributed by atoms with Gasteiger partial charge in [-0.2, -0.15) is 0 Å². The third-order valence-electron chi connectivity index (χ3n) is 5.61. The molecule has 2 aliphatic rings. The number of carbonyl (C=O) groups excluding carboxylic acids is 1. The van der Waals surface area contributed by atoms with E-state index in [1.807, 2.05) is 0 Å². The molecule has 2 heterocycles. The van der Waals surface area contributed by atoms with Crippen molar-refractivity contribution in [1.29, 1.82) is 0 Å². The predicted molar refractivity (Wildman–Crippen MR) is 101 cm³/mol. The second kappa shape index (κ2) is 12.2. The van der Waals surface area contributed by atoms with E-state index in [0.29, 0.717) is 0 Å². The Hall–Kier alpha value is -0.890. The van der Waals surface area contributed by atoms with Gasteiger partial charge in [-0.1, -0.05) is 0 Å². The average Bonchev–Trinajstić information content (AvgIpc) is 2.81. The third-order valence-corrected chi connectivity index (χ3v) is 5.61. The Morgan fingerprint density at radius 3 is 1.82 bits per heavy atom. The van der Waals surface area contributed by atoms with Crippen LogP contribution >= 0.6 is 0 Å². The number of carbonyl (C=O) groups is 1.